The molecule has 0 saturated heterocycles. The Morgan fingerprint density at radius 3 is 2.29 bits per heavy atom. The van der Waals surface area contributed by atoms with Crippen LogP contribution in [0.4, 0.5) is 23.7 Å². The van der Waals surface area contributed by atoms with Crippen molar-refractivity contribution in [1.82, 2.24) is 5.32 Å². The Morgan fingerprint density at radius 2 is 1.81 bits per heavy atom. The molecule has 0 saturated carbocycles. The predicted octanol–water partition coefficient (Wildman–Crippen LogP) is 3.08. The number of carbonyl (C=O) groups excluding carboxylic acids is 1. The van der Waals surface area contributed by atoms with Crippen molar-refractivity contribution in [2.45, 2.75) is 32.0 Å². The van der Waals surface area contributed by atoms with Crippen molar-refractivity contribution in [2.24, 2.45) is 0 Å². The van der Waals surface area contributed by atoms with E-state index in [1.54, 1.807) is 6.92 Å². The molecule has 8 heteroatoms. The minimum atomic E-state index is -4.42. The van der Waals surface area contributed by atoms with Gasteiger partial charge in [-0.3, -0.25) is 4.79 Å². The first-order valence-electron chi connectivity index (χ1n) is 6.15. The van der Waals surface area contributed by atoms with Gasteiger partial charge in [0.15, 0.2) is 0 Å². The lowest BCUT2D eigenvalue weighted by atomic mass is 10.2. The van der Waals surface area contributed by atoms with Gasteiger partial charge < -0.3 is 15.7 Å². The first kappa shape index (κ1) is 16.8. The van der Waals surface area contributed by atoms with E-state index in [4.69, 9.17) is 5.11 Å². The molecule has 0 spiro atoms. The highest BCUT2D eigenvalue weighted by Gasteiger charge is 2.29. The fourth-order valence-electron chi connectivity index (χ4n) is 1.55. The highest BCUT2D eigenvalue weighted by atomic mass is 19.4. The van der Waals surface area contributed by atoms with Crippen LogP contribution in [0, 0.1) is 0 Å². The zero-order valence-corrected chi connectivity index (χ0v) is 11.2. The molecule has 116 valence electrons. The maximum atomic E-state index is 12.4. The number of rotatable bonds is 5. The van der Waals surface area contributed by atoms with Gasteiger partial charge in [-0.2, -0.15) is 13.2 Å². The normalized spacial score (nSPS) is 12.6. The second-order valence-corrected chi connectivity index (χ2v) is 4.51. The highest BCUT2D eigenvalue weighted by Crippen LogP contribution is 2.29. The average Bonchev–Trinajstić information content (AvgIpc) is 2.35. The minimum absolute atomic E-state index is 0.0816. The first-order valence-corrected chi connectivity index (χ1v) is 6.15. The molecule has 1 aromatic rings. The van der Waals surface area contributed by atoms with E-state index in [1.165, 1.54) is 0 Å². The lowest BCUT2D eigenvalue weighted by Crippen LogP contribution is -2.36. The molecule has 21 heavy (non-hydrogen) atoms. The summed E-state index contributed by atoms with van der Waals surface area (Å²) < 4.78 is 37.1. The Labute approximate surface area is 119 Å². The van der Waals surface area contributed by atoms with Crippen molar-refractivity contribution >= 4 is 17.7 Å². The second-order valence-electron chi connectivity index (χ2n) is 4.51. The number of carbonyl (C=O) groups is 2. The van der Waals surface area contributed by atoms with Crippen molar-refractivity contribution < 1.29 is 27.9 Å². The number of hydrogen-bond donors (Lipinski definition) is 3. The molecule has 0 aliphatic rings. The lowest BCUT2D eigenvalue weighted by molar-refractivity contribution is -0.138. The van der Waals surface area contributed by atoms with E-state index in [0.29, 0.717) is 0 Å². The van der Waals surface area contributed by atoms with E-state index in [9.17, 15) is 22.8 Å². The number of urea groups is 1. The Hall–Kier alpha value is -2.25. The van der Waals surface area contributed by atoms with Crippen molar-refractivity contribution in [3.63, 3.8) is 0 Å². The number of carboxylic acid groups (broad SMARTS) is 1. The van der Waals surface area contributed by atoms with Crippen LogP contribution in [-0.2, 0) is 11.0 Å². The minimum Gasteiger partial charge on any atom is -0.481 e. The number of halogens is 3. The standard InChI is InChI=1S/C13H15F3N2O3/c1-8(2-7-11(19)20)17-12(21)18-10-5-3-9(4-6-10)13(14,15)16/h3-6,8H,2,7H2,1H3,(H,19,20)(H2,17,18,21). The summed E-state index contributed by atoms with van der Waals surface area (Å²) in [4.78, 5) is 21.9. The molecule has 0 radical (unpaired) electrons. The largest absolute Gasteiger partial charge is 0.481 e. The van der Waals surface area contributed by atoms with E-state index >= 15 is 0 Å². The fraction of sp³-hybridized carbons (Fsp3) is 0.385. The maximum absolute atomic E-state index is 12.4. The third kappa shape index (κ3) is 6.15. The van der Waals surface area contributed by atoms with Gasteiger partial charge in [-0.1, -0.05) is 0 Å². The zero-order valence-electron chi connectivity index (χ0n) is 11.2. The number of carboxylic acids is 1. The summed E-state index contributed by atoms with van der Waals surface area (Å²) in [6, 6.07) is 3.05. The number of benzene rings is 1. The molecule has 0 aliphatic carbocycles. The zero-order chi connectivity index (χ0) is 16.0. The summed E-state index contributed by atoms with van der Waals surface area (Å²) in [5, 5.41) is 13.4. The van der Waals surface area contributed by atoms with Crippen molar-refractivity contribution in [1.29, 1.82) is 0 Å². The van der Waals surface area contributed by atoms with Crippen LogP contribution in [0.25, 0.3) is 0 Å². The van der Waals surface area contributed by atoms with Crippen LogP contribution in [0.1, 0.15) is 25.3 Å². The van der Waals surface area contributed by atoms with E-state index in [0.717, 1.165) is 24.3 Å². The Balaban J connectivity index is 2.49. The molecule has 0 bridgehead atoms. The summed E-state index contributed by atoms with van der Waals surface area (Å²) in [5.74, 6) is -0.966. The topological polar surface area (TPSA) is 78.4 Å². The average molecular weight is 304 g/mol. The third-order valence-corrected chi connectivity index (χ3v) is 2.64. The number of amides is 2. The molecule has 0 aliphatic heterocycles. The van der Waals surface area contributed by atoms with Crippen molar-refractivity contribution in [3.05, 3.63) is 29.8 Å². The molecule has 3 N–H and O–H groups in total. The molecule has 1 unspecified atom stereocenters. The van der Waals surface area contributed by atoms with E-state index in [-0.39, 0.29) is 24.6 Å². The van der Waals surface area contributed by atoms with Crippen molar-refractivity contribution in [2.75, 3.05) is 5.32 Å². The van der Waals surface area contributed by atoms with Crippen LogP contribution < -0.4 is 10.6 Å². The summed E-state index contributed by atoms with van der Waals surface area (Å²) in [6.07, 6.45) is -4.25. The SMILES string of the molecule is CC(CCC(=O)O)NC(=O)Nc1ccc(C(F)(F)F)cc1. The summed E-state index contributed by atoms with van der Waals surface area (Å²) in [5.41, 5.74) is -0.589. The number of nitrogens with one attached hydrogen (secondary N) is 2. The molecular formula is C13H15F3N2O3. The summed E-state index contributed by atoms with van der Waals surface area (Å²) >= 11 is 0. The molecule has 5 nitrogen and oxygen atoms in total. The van der Waals surface area contributed by atoms with Gasteiger partial charge in [0.25, 0.3) is 0 Å². The van der Waals surface area contributed by atoms with Gasteiger partial charge in [-0.05, 0) is 37.6 Å². The van der Waals surface area contributed by atoms with E-state index < -0.39 is 23.7 Å². The van der Waals surface area contributed by atoms with Crippen molar-refractivity contribution in [3.8, 4) is 0 Å². The van der Waals surface area contributed by atoms with E-state index in [1.807, 2.05) is 0 Å². The predicted molar refractivity (Wildman–Crippen MR) is 69.9 cm³/mol. The lowest BCUT2D eigenvalue weighted by Gasteiger charge is -2.14. The number of hydrogen-bond acceptors (Lipinski definition) is 2. The van der Waals surface area contributed by atoms with Gasteiger partial charge in [-0.25, -0.2) is 4.79 Å². The number of anilines is 1. The van der Waals surface area contributed by atoms with Gasteiger partial charge >= 0.3 is 18.2 Å². The van der Waals surface area contributed by atoms with Gasteiger partial charge in [0.05, 0.1) is 5.56 Å². The van der Waals surface area contributed by atoms with Crippen LogP contribution in [0.5, 0.6) is 0 Å². The molecule has 1 aromatic carbocycles. The molecule has 1 rings (SSSR count). The van der Waals surface area contributed by atoms with Crippen LogP contribution in [0.2, 0.25) is 0 Å². The Bertz CT molecular complexity index is 500. The molecule has 1 atom stereocenters. The Kier molecular flexibility index (Phi) is 5.57. The Morgan fingerprint density at radius 1 is 1.24 bits per heavy atom. The van der Waals surface area contributed by atoms with Gasteiger partial charge in [0.2, 0.25) is 0 Å². The summed E-state index contributed by atoms with van der Waals surface area (Å²) in [6.45, 7) is 1.63. The monoisotopic (exact) mass is 304 g/mol. The van der Waals surface area contributed by atoms with Gasteiger partial charge in [0, 0.05) is 18.2 Å². The second kappa shape index (κ2) is 6.96. The van der Waals surface area contributed by atoms with Gasteiger partial charge in [0.1, 0.15) is 0 Å². The smallest absolute Gasteiger partial charge is 0.416 e. The molecule has 0 aromatic heterocycles. The number of aliphatic carboxylic acids is 1. The van der Waals surface area contributed by atoms with Crippen LogP contribution in [0.15, 0.2) is 24.3 Å². The summed E-state index contributed by atoms with van der Waals surface area (Å²) in [7, 11) is 0. The molecule has 0 fully saturated rings. The first-order chi connectivity index (χ1) is 9.68. The molecule has 2 amide bonds. The highest BCUT2D eigenvalue weighted by molar-refractivity contribution is 5.89. The van der Waals surface area contributed by atoms with Gasteiger partial charge in [-0.15, -0.1) is 0 Å². The van der Waals surface area contributed by atoms with E-state index in [2.05, 4.69) is 10.6 Å². The third-order valence-electron chi connectivity index (χ3n) is 2.64. The molecule has 0 heterocycles. The van der Waals surface area contributed by atoms with Crippen LogP contribution in [-0.4, -0.2) is 23.1 Å². The fourth-order valence-corrected chi connectivity index (χ4v) is 1.55. The quantitative estimate of drug-likeness (QED) is 0.782. The maximum Gasteiger partial charge on any atom is 0.416 e. The van der Waals surface area contributed by atoms with Crippen LogP contribution >= 0.6 is 0 Å². The molecular weight excluding hydrogens is 289 g/mol. The number of alkyl halides is 3. The van der Waals surface area contributed by atoms with Crippen LogP contribution in [0.3, 0.4) is 0 Å².